The van der Waals surface area contributed by atoms with Crippen LogP contribution in [0, 0.1) is 127 Å². The molecule has 0 amide bonds. The molecular weight excluding hydrogens is 1260 g/mol. The lowest BCUT2D eigenvalue weighted by atomic mass is 9.93. The van der Waals surface area contributed by atoms with Crippen molar-refractivity contribution in [1.29, 1.82) is 52.6 Å². The number of nitrogen functional groups attached to an aromatic ring is 10. The first-order chi connectivity index (χ1) is 47.3. The lowest BCUT2D eigenvalue weighted by molar-refractivity contribution is 0.595. The van der Waals surface area contributed by atoms with E-state index in [2.05, 4.69) is 48.6 Å². The molecule has 20 N–H and O–H groups in total. The molecule has 0 radical (unpaired) electrons. The normalized spacial score (nSPS) is 9.86. The van der Waals surface area contributed by atoms with Gasteiger partial charge in [-0.3, -0.25) is 0 Å². The summed E-state index contributed by atoms with van der Waals surface area (Å²) < 4.78 is 25.3. The molecule has 0 aliphatic rings. The number of nitrogens with zero attached hydrogens (tertiary/aromatic N) is 10. The van der Waals surface area contributed by atoms with E-state index in [1.165, 1.54) is 36.4 Å². The summed E-state index contributed by atoms with van der Waals surface area (Å²) >= 11 is 0. The first-order valence-corrected chi connectivity index (χ1v) is 30.9. The number of aryl methyl sites for hydroxylation is 2. The van der Waals surface area contributed by atoms with E-state index in [1.54, 1.807) is 97.1 Å². The van der Waals surface area contributed by atoms with E-state index < -0.39 is 9.84 Å². The van der Waals surface area contributed by atoms with Gasteiger partial charge >= 0.3 is 0 Å². The zero-order valence-electron chi connectivity index (χ0n) is 53.5. The van der Waals surface area contributed by atoms with Gasteiger partial charge in [0.1, 0.15) is 36.4 Å². The van der Waals surface area contributed by atoms with Crippen LogP contribution in [0.25, 0.3) is 0 Å². The van der Waals surface area contributed by atoms with Crippen LogP contribution in [0.2, 0.25) is 0 Å². The minimum Gasteiger partial charge on any atom is -0.399 e. The molecule has 22 nitrogen and oxygen atoms in total. The number of rotatable bonds is 10. The fourth-order valence-electron chi connectivity index (χ4n) is 9.81. The number of nitrogens with two attached hydrogens (primary N) is 10. The molecule has 0 aliphatic carbocycles. The lowest BCUT2D eigenvalue weighted by Crippen LogP contribution is -2.07. The molecule has 0 atom stereocenters. The molecule has 0 aliphatic heterocycles. The van der Waals surface area contributed by atoms with Crippen LogP contribution in [-0.2, 0) is 35.5 Å². The van der Waals surface area contributed by atoms with Gasteiger partial charge in [-0.05, 0) is 228 Å². The first kappa shape index (κ1) is 73.1. The van der Waals surface area contributed by atoms with Crippen LogP contribution in [0.15, 0.2) is 180 Å². The van der Waals surface area contributed by atoms with Crippen LogP contribution < -0.4 is 57.3 Å². The highest BCUT2D eigenvalue weighted by Crippen LogP contribution is 2.31. The highest BCUT2D eigenvalue weighted by atomic mass is 32.2. The zero-order valence-corrected chi connectivity index (χ0v) is 54.3. The van der Waals surface area contributed by atoms with Gasteiger partial charge in [0.2, 0.25) is 9.84 Å². The van der Waals surface area contributed by atoms with Crippen molar-refractivity contribution in [3.05, 3.63) is 281 Å². The molecule has 0 saturated heterocycles. The van der Waals surface area contributed by atoms with Crippen LogP contribution in [0.1, 0.15) is 111 Å². The zero-order chi connectivity index (χ0) is 72.7. The van der Waals surface area contributed by atoms with Crippen molar-refractivity contribution in [3.63, 3.8) is 0 Å². The molecule has 23 heteroatoms. The average molecular weight is 1320 g/mol. The molecule has 0 spiro atoms. The van der Waals surface area contributed by atoms with Gasteiger partial charge in [0, 0.05) is 69.7 Å². The Morgan fingerprint density at radius 3 is 0.909 bits per heavy atom. The third-order valence-electron chi connectivity index (χ3n) is 15.2. The summed E-state index contributed by atoms with van der Waals surface area (Å²) in [5.74, 6) is 0. The molecule has 0 aromatic heterocycles. The number of benzene rings is 10. The fourth-order valence-corrected chi connectivity index (χ4v) is 11.3. The van der Waals surface area contributed by atoms with Gasteiger partial charge in [-0.1, -0.05) is 24.3 Å². The largest absolute Gasteiger partial charge is 0.399 e. The SMILES string of the molecule is Cc1cc(N)c(C#N)cc1Cc1cc(C#N)c(N)cc1C.N#Cc1cc(Cc2ccc(N)c(C#N)c2)ccc1N.N#Cc1cc(N)ccc1Cc1ccc(N)cc1C#N.N#Cc1cc(N)ccc1S(=O)(=O)c1ccc(N)cc1C#N.N#Cc1ccc(N)c(Cc2cc(C#N)ccc2N)c1. The molecule has 0 bridgehead atoms. The number of anilines is 10. The Morgan fingerprint density at radius 1 is 0.263 bits per heavy atom. The summed E-state index contributed by atoms with van der Waals surface area (Å²) in [7, 11) is -4.01. The predicted octanol–water partition coefficient (Wildman–Crippen LogP) is 10.8. The second kappa shape index (κ2) is 33.6. The highest BCUT2D eigenvalue weighted by Gasteiger charge is 2.25. The van der Waals surface area contributed by atoms with Gasteiger partial charge < -0.3 is 57.3 Å². The van der Waals surface area contributed by atoms with Crippen LogP contribution in [0.3, 0.4) is 0 Å². The number of sulfone groups is 1. The Morgan fingerprint density at radius 2 is 0.566 bits per heavy atom. The van der Waals surface area contributed by atoms with Gasteiger partial charge in [-0.15, -0.1) is 0 Å². The second-order valence-electron chi connectivity index (χ2n) is 22.1. The molecule has 484 valence electrons. The minimum absolute atomic E-state index is 0.0734. The molecule has 99 heavy (non-hydrogen) atoms. The second-order valence-corrected chi connectivity index (χ2v) is 24.0. The van der Waals surface area contributed by atoms with Crippen LogP contribution in [0.4, 0.5) is 56.9 Å². The van der Waals surface area contributed by atoms with Crippen molar-refractivity contribution in [2.45, 2.75) is 49.3 Å². The molecule has 0 unspecified atom stereocenters. The highest BCUT2D eigenvalue weighted by molar-refractivity contribution is 7.91. The van der Waals surface area contributed by atoms with E-state index in [1.807, 2.05) is 62.4 Å². The van der Waals surface area contributed by atoms with E-state index in [0.29, 0.717) is 116 Å². The molecule has 10 aromatic carbocycles. The molecule has 10 aromatic rings. The maximum Gasteiger partial charge on any atom is 0.209 e. The molecule has 10 rings (SSSR count). The summed E-state index contributed by atoms with van der Waals surface area (Å²) in [5, 5.41) is 90.2. The summed E-state index contributed by atoms with van der Waals surface area (Å²) in [6.45, 7) is 3.93. The van der Waals surface area contributed by atoms with E-state index in [-0.39, 0.29) is 32.3 Å². The Hall–Kier alpha value is -15.0. The Labute approximate surface area is 573 Å². The minimum atomic E-state index is -4.01. The van der Waals surface area contributed by atoms with Crippen molar-refractivity contribution in [3.8, 4) is 60.7 Å². The standard InChI is InChI=1S/C17H16N4.3C15H12N4.C14H10N4O2S/c1-10-3-16(20)14(8-18)6-12(10)5-13-7-15(9-19)17(21)4-11(13)2;16-8-12-6-14(18)3-1-10(12)5-11-2-4-15(19)7-13(11)9-17;16-8-10-1-3-14(18)12(5-10)7-13-6-11(9-17)2-4-15(13)19;16-8-12-6-10(1-3-14(12)18)5-11-2-4-15(19)13(7-11)9-17;15-7-9-5-11(17)1-3-13(9)21(19,20)14-4-2-12(18)6-10(14)8-16/h3-4,6-7H,5,20-21H2,1-2H3;1-4,6-7H,5,18-19H2;1-6H,7,18-19H2;1-4,6-7H,5,18-19H2;1-6H,17-18H2. The van der Waals surface area contributed by atoms with Crippen molar-refractivity contribution in [1.82, 2.24) is 0 Å². The first-order valence-electron chi connectivity index (χ1n) is 29.4. The van der Waals surface area contributed by atoms with Gasteiger partial charge in [0.05, 0.1) is 89.7 Å². The van der Waals surface area contributed by atoms with E-state index in [9.17, 15) is 8.42 Å². The van der Waals surface area contributed by atoms with Crippen LogP contribution in [0.5, 0.6) is 0 Å². The van der Waals surface area contributed by atoms with Gasteiger partial charge in [-0.25, -0.2) is 8.42 Å². The lowest BCUT2D eigenvalue weighted by Gasteiger charge is -2.12. The number of nitriles is 10. The third kappa shape index (κ3) is 19.1. The Bertz CT molecular complexity index is 5040. The van der Waals surface area contributed by atoms with E-state index in [0.717, 1.165) is 55.6 Å². The molecule has 0 fully saturated rings. The summed E-state index contributed by atoms with van der Waals surface area (Å²) in [6.07, 6.45) is 2.28. The van der Waals surface area contributed by atoms with Crippen molar-refractivity contribution >= 4 is 66.7 Å². The van der Waals surface area contributed by atoms with Gasteiger partial charge in [0.25, 0.3) is 0 Å². The average Bonchev–Trinajstić information content (AvgIpc) is 0.777. The van der Waals surface area contributed by atoms with E-state index >= 15 is 0 Å². The third-order valence-corrected chi connectivity index (χ3v) is 17.0. The Balaban J connectivity index is 0.000000195. The monoisotopic (exact) mass is 1320 g/mol. The Kier molecular flexibility index (Phi) is 24.8. The predicted molar refractivity (Wildman–Crippen MR) is 382 cm³/mol. The quantitative estimate of drug-likeness (QED) is 0.0569. The summed E-state index contributed by atoms with van der Waals surface area (Å²) in [6, 6.07) is 66.7. The maximum absolute atomic E-state index is 12.6. The van der Waals surface area contributed by atoms with Crippen LogP contribution >= 0.6 is 0 Å². The summed E-state index contributed by atoms with van der Waals surface area (Å²) in [4.78, 5) is -0.388. The molecular formula is C76H62N20O2S. The number of hydrogen-bond donors (Lipinski definition) is 10. The van der Waals surface area contributed by atoms with E-state index in [4.69, 9.17) is 110 Å². The topological polar surface area (TPSA) is 532 Å². The van der Waals surface area contributed by atoms with Crippen molar-refractivity contribution in [2.24, 2.45) is 0 Å². The van der Waals surface area contributed by atoms with Crippen LogP contribution in [-0.4, -0.2) is 8.42 Å². The van der Waals surface area contributed by atoms with Gasteiger partial charge in [0.15, 0.2) is 0 Å². The molecule has 0 heterocycles. The van der Waals surface area contributed by atoms with Gasteiger partial charge in [-0.2, -0.15) is 52.6 Å². The van der Waals surface area contributed by atoms with Crippen molar-refractivity contribution < 1.29 is 8.42 Å². The smallest absolute Gasteiger partial charge is 0.209 e. The summed E-state index contributed by atoms with van der Waals surface area (Å²) in [5.41, 5.74) is 75.3. The fraction of sp³-hybridized carbons (Fsp3) is 0.0789. The van der Waals surface area contributed by atoms with Crippen molar-refractivity contribution in [2.75, 3.05) is 57.3 Å². The maximum atomic E-state index is 12.6. The molecule has 0 saturated carbocycles. The number of hydrogen-bond acceptors (Lipinski definition) is 22.